The molecule has 0 saturated carbocycles. The van der Waals surface area contributed by atoms with Gasteiger partial charge in [-0.05, 0) is 13.8 Å². The van der Waals surface area contributed by atoms with Crippen molar-refractivity contribution < 1.29 is 32.7 Å². The zero-order chi connectivity index (χ0) is 10.4. The molecule has 1 aromatic carbocycles. The quantitative estimate of drug-likeness (QED) is 0.543. The van der Waals surface area contributed by atoms with Crippen molar-refractivity contribution in [2.45, 2.75) is 41.3 Å². The Balaban J connectivity index is -0.000000339. The minimum atomic E-state index is 0. The van der Waals surface area contributed by atoms with Gasteiger partial charge in [-0.3, -0.25) is 0 Å². The van der Waals surface area contributed by atoms with E-state index in [1.165, 1.54) is 16.6 Å². The van der Waals surface area contributed by atoms with Gasteiger partial charge in [0.15, 0.2) is 6.71 Å². The van der Waals surface area contributed by atoms with Crippen LogP contribution in [0.5, 0.6) is 0 Å². The van der Waals surface area contributed by atoms with Gasteiger partial charge in [0.05, 0.1) is 0 Å². The Kier molecular flexibility index (Phi) is 15.1. The normalized spacial score (nSPS) is 7.60. The van der Waals surface area contributed by atoms with Crippen LogP contribution in [0.15, 0.2) is 18.2 Å². The molecule has 0 heterocycles. The fourth-order valence-electron chi connectivity index (χ4n) is 1.38. The molecule has 0 fully saturated rings. The standard InChI is InChI=1S/C10H15B.C2H6.CH3.Y/c1-8-5-6-9(2)10(7-8)11(3)4;1-2;;/h5-7H,1-4H3;1-2H3;1H3;/q;;-1;. The Morgan fingerprint density at radius 3 is 1.80 bits per heavy atom. The molecule has 0 saturated heterocycles. The van der Waals surface area contributed by atoms with E-state index in [4.69, 9.17) is 0 Å². The van der Waals surface area contributed by atoms with Crippen molar-refractivity contribution in [2.24, 2.45) is 0 Å². The summed E-state index contributed by atoms with van der Waals surface area (Å²) >= 11 is 0. The van der Waals surface area contributed by atoms with E-state index in [9.17, 15) is 0 Å². The number of aryl methyl sites for hydroxylation is 2. The first-order valence-electron chi connectivity index (χ1n) is 5.18. The van der Waals surface area contributed by atoms with Crippen molar-refractivity contribution in [2.75, 3.05) is 0 Å². The number of hydrogen-bond acceptors (Lipinski definition) is 0. The summed E-state index contributed by atoms with van der Waals surface area (Å²) in [6.45, 7) is 13.4. The molecule has 1 rings (SSSR count). The molecule has 0 atom stereocenters. The van der Waals surface area contributed by atoms with Gasteiger partial charge in [-0.1, -0.05) is 62.3 Å². The Morgan fingerprint density at radius 2 is 1.47 bits per heavy atom. The van der Waals surface area contributed by atoms with Gasteiger partial charge in [0, 0.05) is 32.7 Å². The van der Waals surface area contributed by atoms with E-state index in [0.29, 0.717) is 6.71 Å². The van der Waals surface area contributed by atoms with Crippen LogP contribution in [0.25, 0.3) is 0 Å². The summed E-state index contributed by atoms with van der Waals surface area (Å²) in [5.41, 5.74) is 4.25. The van der Waals surface area contributed by atoms with Crippen LogP contribution in [0.1, 0.15) is 25.0 Å². The van der Waals surface area contributed by atoms with Crippen LogP contribution in [0.2, 0.25) is 13.6 Å². The van der Waals surface area contributed by atoms with Gasteiger partial charge in [0.2, 0.25) is 0 Å². The molecule has 0 aliphatic carbocycles. The third-order valence-corrected chi connectivity index (χ3v) is 2.06. The van der Waals surface area contributed by atoms with Crippen molar-refractivity contribution in [3.63, 3.8) is 0 Å². The molecule has 15 heavy (non-hydrogen) atoms. The summed E-state index contributed by atoms with van der Waals surface area (Å²) in [5.74, 6) is 0. The first-order valence-corrected chi connectivity index (χ1v) is 5.18. The topological polar surface area (TPSA) is 0 Å². The molecule has 1 aromatic rings. The van der Waals surface area contributed by atoms with E-state index in [-0.39, 0.29) is 40.1 Å². The van der Waals surface area contributed by atoms with Crippen molar-refractivity contribution in [1.29, 1.82) is 0 Å². The maximum Gasteiger partial charge on any atom is 0.169 e. The van der Waals surface area contributed by atoms with E-state index >= 15 is 0 Å². The minimum absolute atomic E-state index is 0. The van der Waals surface area contributed by atoms with Gasteiger partial charge in [0.25, 0.3) is 0 Å². The average molecular weight is 280 g/mol. The van der Waals surface area contributed by atoms with Crippen LogP contribution in [-0.4, -0.2) is 6.71 Å². The minimum Gasteiger partial charge on any atom is -0.358 e. The monoisotopic (exact) mass is 280 g/mol. The van der Waals surface area contributed by atoms with E-state index < -0.39 is 0 Å². The summed E-state index contributed by atoms with van der Waals surface area (Å²) in [6.07, 6.45) is 0. The van der Waals surface area contributed by atoms with E-state index in [1.807, 2.05) is 13.8 Å². The van der Waals surface area contributed by atoms with Crippen LogP contribution < -0.4 is 5.46 Å². The van der Waals surface area contributed by atoms with Gasteiger partial charge in [-0.15, -0.1) is 0 Å². The number of rotatable bonds is 1. The summed E-state index contributed by atoms with van der Waals surface area (Å²) in [7, 11) is 0. The van der Waals surface area contributed by atoms with Crippen molar-refractivity contribution in [3.8, 4) is 0 Å². The smallest absolute Gasteiger partial charge is 0.169 e. The second-order valence-electron chi connectivity index (χ2n) is 3.51. The molecule has 83 valence electrons. The summed E-state index contributed by atoms with van der Waals surface area (Å²) in [6, 6.07) is 6.64. The largest absolute Gasteiger partial charge is 0.358 e. The van der Waals surface area contributed by atoms with E-state index in [2.05, 4.69) is 45.7 Å². The molecule has 0 aliphatic rings. The van der Waals surface area contributed by atoms with Gasteiger partial charge >= 0.3 is 0 Å². The molecule has 2 heteroatoms. The first kappa shape index (κ1) is 20.8. The number of benzene rings is 1. The van der Waals surface area contributed by atoms with Crippen molar-refractivity contribution in [1.82, 2.24) is 0 Å². The fourth-order valence-corrected chi connectivity index (χ4v) is 1.38. The fraction of sp³-hybridized carbons (Fsp3) is 0.462. The molecule has 0 spiro atoms. The van der Waals surface area contributed by atoms with E-state index in [0.717, 1.165) is 0 Å². The SMILES string of the molecule is CB(C)c1cc(C)ccc1C.CC.[CH3-].[Y]. The molecule has 0 amide bonds. The Labute approximate surface area is 122 Å². The first-order chi connectivity index (χ1) is 6.11. The molecular formula is C13H24BY-. The zero-order valence-electron chi connectivity index (χ0n) is 11.4. The molecule has 0 N–H and O–H groups in total. The zero-order valence-corrected chi connectivity index (χ0v) is 14.2. The van der Waals surface area contributed by atoms with Gasteiger partial charge in [-0.2, -0.15) is 0 Å². The van der Waals surface area contributed by atoms with Crippen LogP contribution in [0.3, 0.4) is 0 Å². The summed E-state index contributed by atoms with van der Waals surface area (Å²) < 4.78 is 0. The Bertz CT molecular complexity index is 257. The Hall–Kier alpha value is 0.389. The second-order valence-corrected chi connectivity index (χ2v) is 3.51. The third kappa shape index (κ3) is 7.30. The third-order valence-electron chi connectivity index (χ3n) is 2.06. The Morgan fingerprint density at radius 1 is 1.00 bits per heavy atom. The molecule has 0 aromatic heterocycles. The molecule has 0 unspecified atom stereocenters. The van der Waals surface area contributed by atoms with Gasteiger partial charge in [-0.25, -0.2) is 0 Å². The average Bonchev–Trinajstić information content (AvgIpc) is 2.12. The van der Waals surface area contributed by atoms with Gasteiger partial charge in [0.1, 0.15) is 0 Å². The van der Waals surface area contributed by atoms with Crippen LogP contribution >= 0.6 is 0 Å². The van der Waals surface area contributed by atoms with Crippen molar-refractivity contribution in [3.05, 3.63) is 36.8 Å². The molecule has 1 radical (unpaired) electrons. The van der Waals surface area contributed by atoms with Crippen molar-refractivity contribution >= 4 is 12.2 Å². The van der Waals surface area contributed by atoms with Crippen LogP contribution in [0.4, 0.5) is 0 Å². The van der Waals surface area contributed by atoms with Crippen LogP contribution in [0, 0.1) is 21.3 Å². The molecule has 0 bridgehead atoms. The molecule has 0 aliphatic heterocycles. The van der Waals surface area contributed by atoms with Crippen LogP contribution in [-0.2, 0) is 32.7 Å². The molecule has 0 nitrogen and oxygen atoms in total. The molecular weight excluding hydrogens is 256 g/mol. The maximum absolute atomic E-state index is 2.28. The van der Waals surface area contributed by atoms with E-state index in [1.54, 1.807) is 0 Å². The summed E-state index contributed by atoms with van der Waals surface area (Å²) in [5, 5.41) is 0. The predicted octanol–water partition coefficient (Wildman–Crippen LogP) is 3.74. The maximum atomic E-state index is 2.28. The van der Waals surface area contributed by atoms with Gasteiger partial charge < -0.3 is 7.43 Å². The second kappa shape index (κ2) is 10.9. The summed E-state index contributed by atoms with van der Waals surface area (Å²) in [4.78, 5) is 0. The number of hydrogen-bond donors (Lipinski definition) is 0. The predicted molar refractivity (Wildman–Crippen MR) is 70.8 cm³/mol.